The van der Waals surface area contributed by atoms with E-state index in [1.165, 1.54) is 0 Å². The molecule has 0 aliphatic carbocycles. The molecule has 0 bridgehead atoms. The number of carbonyl (C=O) groups is 1. The number of aromatic nitrogens is 1. The summed E-state index contributed by atoms with van der Waals surface area (Å²) in [6, 6.07) is 3.65. The molecule has 0 saturated carbocycles. The van der Waals surface area contributed by atoms with Crippen LogP contribution in [0.4, 0.5) is 0 Å². The highest BCUT2D eigenvalue weighted by Gasteiger charge is 2.21. The second kappa shape index (κ2) is 3.66. The van der Waals surface area contributed by atoms with Crippen LogP contribution in [-0.2, 0) is 11.2 Å². The fraction of sp³-hybridized carbons (Fsp3) is 0.400. The van der Waals surface area contributed by atoms with Crippen LogP contribution in [0.1, 0.15) is 19.4 Å². The van der Waals surface area contributed by atoms with E-state index in [0.29, 0.717) is 6.42 Å². The van der Waals surface area contributed by atoms with Crippen LogP contribution >= 0.6 is 0 Å². The Morgan fingerprint density at radius 2 is 2.00 bits per heavy atom. The molecule has 0 unspecified atom stereocenters. The maximum atomic E-state index is 11.5. The van der Waals surface area contributed by atoms with Crippen LogP contribution in [0.2, 0.25) is 0 Å². The van der Waals surface area contributed by atoms with Crippen LogP contribution in [0.5, 0.6) is 0 Å². The lowest BCUT2D eigenvalue weighted by Crippen LogP contribution is -2.42. The summed E-state index contributed by atoms with van der Waals surface area (Å²) in [6.07, 6.45) is 3.73. The first kappa shape index (κ1) is 9.86. The third kappa shape index (κ3) is 2.95. The van der Waals surface area contributed by atoms with Crippen LogP contribution in [-0.4, -0.2) is 16.3 Å². The van der Waals surface area contributed by atoms with Gasteiger partial charge in [-0.1, -0.05) is 0 Å². The van der Waals surface area contributed by atoms with Crippen LogP contribution in [0.15, 0.2) is 24.5 Å². The number of pyridine rings is 1. The van der Waals surface area contributed by atoms with E-state index in [0.717, 1.165) is 5.56 Å². The Kier molecular flexibility index (Phi) is 2.78. The minimum atomic E-state index is -0.747. The second-order valence-electron chi connectivity index (χ2n) is 3.68. The number of hydrogen-bond acceptors (Lipinski definition) is 3. The molecule has 13 heavy (non-hydrogen) atoms. The number of nitrogens with zero attached hydrogens (tertiary/aromatic N) is 1. The van der Waals surface area contributed by atoms with Gasteiger partial charge in [-0.2, -0.15) is 0 Å². The lowest BCUT2D eigenvalue weighted by Gasteiger charge is -2.16. The normalized spacial score (nSPS) is 11.3. The highest BCUT2D eigenvalue weighted by molar-refractivity contribution is 5.89. The molecular formula is C10H14N2O. The molecule has 0 aromatic carbocycles. The van der Waals surface area contributed by atoms with Gasteiger partial charge in [-0.25, -0.2) is 0 Å². The van der Waals surface area contributed by atoms with Gasteiger partial charge in [0.15, 0.2) is 5.78 Å². The van der Waals surface area contributed by atoms with E-state index in [1.807, 2.05) is 12.1 Å². The summed E-state index contributed by atoms with van der Waals surface area (Å²) in [6.45, 7) is 3.44. The number of hydrogen-bond donors (Lipinski definition) is 1. The quantitative estimate of drug-likeness (QED) is 0.749. The number of Topliss-reactive ketones (excluding diaryl/α,β-unsaturated/α-hetero) is 1. The molecule has 0 radical (unpaired) electrons. The summed E-state index contributed by atoms with van der Waals surface area (Å²) in [5.74, 6) is 0.0405. The average Bonchev–Trinajstić information content (AvgIpc) is 2.04. The van der Waals surface area contributed by atoms with Gasteiger partial charge in [0.25, 0.3) is 0 Å². The van der Waals surface area contributed by atoms with E-state index in [2.05, 4.69) is 4.98 Å². The van der Waals surface area contributed by atoms with Crippen molar-refractivity contribution in [1.29, 1.82) is 0 Å². The first-order valence-corrected chi connectivity index (χ1v) is 4.21. The Hall–Kier alpha value is -1.22. The largest absolute Gasteiger partial charge is 0.319 e. The van der Waals surface area contributed by atoms with Crippen molar-refractivity contribution in [2.45, 2.75) is 25.8 Å². The zero-order valence-electron chi connectivity index (χ0n) is 7.95. The fourth-order valence-electron chi connectivity index (χ4n) is 0.914. The molecule has 1 heterocycles. The molecule has 0 aliphatic rings. The van der Waals surface area contributed by atoms with Crippen molar-refractivity contribution < 1.29 is 4.79 Å². The van der Waals surface area contributed by atoms with Gasteiger partial charge in [0, 0.05) is 18.8 Å². The summed E-state index contributed by atoms with van der Waals surface area (Å²) in [5, 5.41) is 0. The number of rotatable bonds is 3. The predicted octanol–water partition coefficient (Wildman–Crippen LogP) is 0.930. The number of carbonyl (C=O) groups excluding carboxylic acids is 1. The van der Waals surface area contributed by atoms with Gasteiger partial charge >= 0.3 is 0 Å². The fourth-order valence-corrected chi connectivity index (χ4v) is 0.914. The smallest absolute Gasteiger partial charge is 0.156 e. The highest BCUT2D eigenvalue weighted by Crippen LogP contribution is 2.05. The maximum absolute atomic E-state index is 11.5. The van der Waals surface area contributed by atoms with E-state index < -0.39 is 5.54 Å². The van der Waals surface area contributed by atoms with Gasteiger partial charge in [0.05, 0.1) is 5.54 Å². The van der Waals surface area contributed by atoms with Crippen molar-refractivity contribution in [2.24, 2.45) is 5.73 Å². The third-order valence-electron chi connectivity index (χ3n) is 1.83. The lowest BCUT2D eigenvalue weighted by molar-refractivity contribution is -0.122. The van der Waals surface area contributed by atoms with E-state index in [4.69, 9.17) is 5.73 Å². The summed E-state index contributed by atoms with van der Waals surface area (Å²) >= 11 is 0. The average molecular weight is 178 g/mol. The molecule has 0 atom stereocenters. The van der Waals surface area contributed by atoms with Gasteiger partial charge in [-0.3, -0.25) is 9.78 Å². The lowest BCUT2D eigenvalue weighted by atomic mass is 9.95. The summed E-state index contributed by atoms with van der Waals surface area (Å²) in [7, 11) is 0. The van der Waals surface area contributed by atoms with Crippen molar-refractivity contribution in [3.63, 3.8) is 0 Å². The van der Waals surface area contributed by atoms with Crippen molar-refractivity contribution >= 4 is 5.78 Å². The molecule has 2 N–H and O–H groups in total. The molecular weight excluding hydrogens is 164 g/mol. The molecule has 3 nitrogen and oxygen atoms in total. The van der Waals surface area contributed by atoms with Gasteiger partial charge in [0.2, 0.25) is 0 Å². The number of nitrogens with two attached hydrogens (primary N) is 1. The van der Waals surface area contributed by atoms with Crippen molar-refractivity contribution in [1.82, 2.24) is 4.98 Å². The Morgan fingerprint density at radius 3 is 2.46 bits per heavy atom. The third-order valence-corrected chi connectivity index (χ3v) is 1.83. The zero-order chi connectivity index (χ0) is 9.90. The second-order valence-corrected chi connectivity index (χ2v) is 3.68. The van der Waals surface area contributed by atoms with E-state index >= 15 is 0 Å². The van der Waals surface area contributed by atoms with Gasteiger partial charge in [-0.05, 0) is 31.5 Å². The molecule has 1 aromatic rings. The topological polar surface area (TPSA) is 56.0 Å². The van der Waals surface area contributed by atoms with Gasteiger partial charge in [0.1, 0.15) is 0 Å². The minimum absolute atomic E-state index is 0.0405. The van der Waals surface area contributed by atoms with E-state index in [9.17, 15) is 4.79 Å². The molecule has 1 rings (SSSR count). The monoisotopic (exact) mass is 178 g/mol. The van der Waals surface area contributed by atoms with Gasteiger partial charge < -0.3 is 5.73 Å². The predicted molar refractivity (Wildman–Crippen MR) is 51.2 cm³/mol. The molecule has 1 aromatic heterocycles. The highest BCUT2D eigenvalue weighted by atomic mass is 16.1. The summed E-state index contributed by atoms with van der Waals surface area (Å²) in [4.78, 5) is 15.4. The van der Waals surface area contributed by atoms with Gasteiger partial charge in [-0.15, -0.1) is 0 Å². The molecule has 0 fully saturated rings. The standard InChI is InChI=1S/C10H14N2O/c1-10(2,11)9(13)7-8-3-5-12-6-4-8/h3-6H,7,11H2,1-2H3. The molecule has 0 saturated heterocycles. The zero-order valence-corrected chi connectivity index (χ0v) is 7.95. The van der Waals surface area contributed by atoms with Crippen molar-refractivity contribution in [2.75, 3.05) is 0 Å². The molecule has 70 valence electrons. The number of ketones is 1. The molecule has 0 spiro atoms. The Labute approximate surface area is 78.0 Å². The van der Waals surface area contributed by atoms with Crippen LogP contribution < -0.4 is 5.73 Å². The Bertz CT molecular complexity index is 288. The first-order chi connectivity index (χ1) is 6.00. The maximum Gasteiger partial charge on any atom is 0.156 e. The van der Waals surface area contributed by atoms with Crippen LogP contribution in [0.3, 0.4) is 0 Å². The Morgan fingerprint density at radius 1 is 1.46 bits per heavy atom. The van der Waals surface area contributed by atoms with E-state index in [1.54, 1.807) is 26.2 Å². The van der Waals surface area contributed by atoms with Crippen LogP contribution in [0.25, 0.3) is 0 Å². The first-order valence-electron chi connectivity index (χ1n) is 4.21. The molecule has 0 amide bonds. The minimum Gasteiger partial charge on any atom is -0.319 e. The summed E-state index contributed by atoms with van der Waals surface area (Å²) < 4.78 is 0. The molecule has 3 heteroatoms. The summed E-state index contributed by atoms with van der Waals surface area (Å²) in [5.41, 5.74) is 5.87. The van der Waals surface area contributed by atoms with Crippen molar-refractivity contribution in [3.05, 3.63) is 30.1 Å². The van der Waals surface area contributed by atoms with Crippen LogP contribution in [0, 0.1) is 0 Å². The molecule has 0 aliphatic heterocycles. The Balaban J connectivity index is 2.66. The SMILES string of the molecule is CC(C)(N)C(=O)Cc1ccncc1. The van der Waals surface area contributed by atoms with Crippen molar-refractivity contribution in [3.8, 4) is 0 Å². The van der Waals surface area contributed by atoms with E-state index in [-0.39, 0.29) is 5.78 Å².